The Morgan fingerprint density at radius 3 is 2.45 bits per heavy atom. The average Bonchev–Trinajstić information content (AvgIpc) is 2.50. The highest BCUT2D eigenvalue weighted by Crippen LogP contribution is 2.33. The van der Waals surface area contributed by atoms with Gasteiger partial charge in [0.05, 0.1) is 17.8 Å². The SMILES string of the molecule is COc1cc(Cl)c(N)cc1S(=O)(=O)N(C)Cc1ccccc1. The molecule has 0 saturated heterocycles. The van der Waals surface area contributed by atoms with Gasteiger partial charge in [0.25, 0.3) is 0 Å². The number of hydrogen-bond acceptors (Lipinski definition) is 4. The van der Waals surface area contributed by atoms with Crippen LogP contribution in [0.4, 0.5) is 5.69 Å². The fraction of sp³-hybridized carbons (Fsp3) is 0.200. The van der Waals surface area contributed by atoms with Gasteiger partial charge < -0.3 is 10.5 Å². The summed E-state index contributed by atoms with van der Waals surface area (Å²) in [5.74, 6) is 0.166. The highest BCUT2D eigenvalue weighted by atomic mass is 35.5. The quantitative estimate of drug-likeness (QED) is 0.849. The molecular formula is C15H17ClN2O3S. The van der Waals surface area contributed by atoms with Gasteiger partial charge in [0.2, 0.25) is 10.0 Å². The number of nitrogen functional groups attached to an aromatic ring is 1. The zero-order valence-corrected chi connectivity index (χ0v) is 13.9. The molecule has 22 heavy (non-hydrogen) atoms. The molecule has 2 aromatic carbocycles. The minimum Gasteiger partial charge on any atom is -0.495 e. The monoisotopic (exact) mass is 340 g/mol. The van der Waals surface area contributed by atoms with Crippen LogP contribution >= 0.6 is 11.6 Å². The van der Waals surface area contributed by atoms with Crippen molar-refractivity contribution in [3.63, 3.8) is 0 Å². The van der Waals surface area contributed by atoms with E-state index in [1.54, 1.807) is 0 Å². The normalized spacial score (nSPS) is 11.6. The van der Waals surface area contributed by atoms with E-state index in [0.717, 1.165) is 5.56 Å². The lowest BCUT2D eigenvalue weighted by Crippen LogP contribution is -2.27. The second-order valence-corrected chi connectivity index (χ2v) is 7.19. The van der Waals surface area contributed by atoms with E-state index in [1.807, 2.05) is 30.3 Å². The highest BCUT2D eigenvalue weighted by Gasteiger charge is 2.26. The van der Waals surface area contributed by atoms with Gasteiger partial charge in [-0.3, -0.25) is 0 Å². The summed E-state index contributed by atoms with van der Waals surface area (Å²) in [4.78, 5) is -0.00432. The molecule has 0 aliphatic carbocycles. The van der Waals surface area contributed by atoms with Crippen LogP contribution < -0.4 is 10.5 Å². The first-order chi connectivity index (χ1) is 10.4. The van der Waals surface area contributed by atoms with Gasteiger partial charge in [0.15, 0.2) is 0 Å². The van der Waals surface area contributed by atoms with Gasteiger partial charge in [-0.15, -0.1) is 0 Å². The summed E-state index contributed by atoms with van der Waals surface area (Å²) in [6, 6.07) is 12.0. The first-order valence-corrected chi connectivity index (χ1v) is 8.31. The van der Waals surface area contributed by atoms with Gasteiger partial charge in [-0.25, -0.2) is 8.42 Å². The molecule has 2 N–H and O–H groups in total. The van der Waals surface area contributed by atoms with Crippen molar-refractivity contribution >= 4 is 27.3 Å². The van der Waals surface area contributed by atoms with E-state index in [9.17, 15) is 8.42 Å². The Balaban J connectivity index is 2.40. The molecule has 0 bridgehead atoms. The second kappa shape index (κ2) is 6.56. The molecular weight excluding hydrogens is 324 g/mol. The van der Waals surface area contributed by atoms with E-state index >= 15 is 0 Å². The summed E-state index contributed by atoms with van der Waals surface area (Å²) < 4.78 is 31.8. The van der Waals surface area contributed by atoms with Crippen molar-refractivity contribution in [3.8, 4) is 5.75 Å². The minimum absolute atomic E-state index is 0.00432. The van der Waals surface area contributed by atoms with Crippen LogP contribution in [-0.4, -0.2) is 26.9 Å². The molecule has 0 amide bonds. The molecule has 0 radical (unpaired) electrons. The number of nitrogens with zero attached hydrogens (tertiary/aromatic N) is 1. The lowest BCUT2D eigenvalue weighted by Gasteiger charge is -2.19. The van der Waals surface area contributed by atoms with Crippen molar-refractivity contribution in [3.05, 3.63) is 53.1 Å². The highest BCUT2D eigenvalue weighted by molar-refractivity contribution is 7.89. The number of anilines is 1. The first-order valence-electron chi connectivity index (χ1n) is 6.49. The number of benzene rings is 2. The van der Waals surface area contributed by atoms with Gasteiger partial charge in [-0.2, -0.15) is 4.31 Å². The molecule has 0 unspecified atom stereocenters. The molecule has 0 spiro atoms. The van der Waals surface area contributed by atoms with Gasteiger partial charge in [-0.05, 0) is 11.6 Å². The maximum atomic E-state index is 12.7. The molecule has 2 aromatic rings. The lowest BCUT2D eigenvalue weighted by atomic mass is 10.2. The van der Waals surface area contributed by atoms with Crippen molar-refractivity contribution in [1.82, 2.24) is 4.31 Å². The predicted octanol–water partition coefficient (Wildman–Crippen LogP) is 2.75. The first kappa shape index (κ1) is 16.6. The van der Waals surface area contributed by atoms with Crippen molar-refractivity contribution in [1.29, 1.82) is 0 Å². The maximum Gasteiger partial charge on any atom is 0.246 e. The summed E-state index contributed by atoms with van der Waals surface area (Å²) in [6.45, 7) is 0.245. The van der Waals surface area contributed by atoms with E-state index in [0.29, 0.717) is 0 Å². The summed E-state index contributed by atoms with van der Waals surface area (Å²) in [7, 11) is -0.856. The van der Waals surface area contributed by atoms with E-state index in [1.165, 1.54) is 30.6 Å². The van der Waals surface area contributed by atoms with Crippen LogP contribution in [0, 0.1) is 0 Å². The van der Waals surface area contributed by atoms with Crippen LogP contribution in [0.3, 0.4) is 0 Å². The van der Waals surface area contributed by atoms with E-state index in [-0.39, 0.29) is 27.9 Å². The van der Waals surface area contributed by atoms with Crippen LogP contribution in [-0.2, 0) is 16.6 Å². The number of hydrogen-bond donors (Lipinski definition) is 1. The summed E-state index contributed by atoms with van der Waals surface area (Å²) in [6.07, 6.45) is 0. The fourth-order valence-electron chi connectivity index (χ4n) is 2.01. The Hall–Kier alpha value is -1.76. The van der Waals surface area contributed by atoms with Crippen molar-refractivity contribution in [2.24, 2.45) is 0 Å². The van der Waals surface area contributed by atoms with E-state index < -0.39 is 10.0 Å². The van der Waals surface area contributed by atoms with Crippen LogP contribution in [0.15, 0.2) is 47.4 Å². The van der Waals surface area contributed by atoms with Gasteiger partial charge in [-0.1, -0.05) is 41.9 Å². The summed E-state index contributed by atoms with van der Waals surface area (Å²) >= 11 is 5.91. The number of ether oxygens (including phenoxy) is 1. The minimum atomic E-state index is -3.75. The molecule has 5 nitrogen and oxygen atoms in total. The summed E-state index contributed by atoms with van der Waals surface area (Å²) in [5, 5.41) is 0.251. The number of sulfonamides is 1. The average molecular weight is 341 g/mol. The number of halogens is 1. The molecule has 0 aliphatic rings. The Kier molecular flexibility index (Phi) is 4.95. The van der Waals surface area contributed by atoms with E-state index in [2.05, 4.69) is 0 Å². The molecule has 0 saturated carbocycles. The Labute approximate surface area is 135 Å². The fourth-order valence-corrected chi connectivity index (χ4v) is 3.49. The second-order valence-electron chi connectivity index (χ2n) is 4.77. The molecule has 0 aromatic heterocycles. The topological polar surface area (TPSA) is 72.6 Å². The van der Waals surface area contributed by atoms with Gasteiger partial charge >= 0.3 is 0 Å². The standard InChI is InChI=1S/C15H17ClN2O3S/c1-18(10-11-6-4-3-5-7-11)22(19,20)15-9-13(17)12(16)8-14(15)21-2/h3-9H,10,17H2,1-2H3. The van der Waals surface area contributed by atoms with Crippen molar-refractivity contribution in [2.45, 2.75) is 11.4 Å². The molecule has 2 rings (SSSR count). The Bertz CT molecular complexity index is 764. The largest absolute Gasteiger partial charge is 0.495 e. The summed E-state index contributed by atoms with van der Waals surface area (Å²) in [5.41, 5.74) is 6.80. The third kappa shape index (κ3) is 3.35. The van der Waals surface area contributed by atoms with E-state index in [4.69, 9.17) is 22.1 Å². The lowest BCUT2D eigenvalue weighted by molar-refractivity contribution is 0.398. The molecule has 7 heteroatoms. The number of rotatable bonds is 5. The van der Waals surface area contributed by atoms with Crippen LogP contribution in [0.25, 0.3) is 0 Å². The van der Waals surface area contributed by atoms with Crippen LogP contribution in [0.2, 0.25) is 5.02 Å². The van der Waals surface area contributed by atoms with Crippen LogP contribution in [0.1, 0.15) is 5.56 Å². The molecule has 0 fully saturated rings. The third-order valence-electron chi connectivity index (χ3n) is 3.22. The van der Waals surface area contributed by atoms with Crippen molar-refractivity contribution in [2.75, 3.05) is 19.9 Å². The molecule has 0 heterocycles. The zero-order chi connectivity index (χ0) is 16.3. The maximum absolute atomic E-state index is 12.7. The molecule has 0 atom stereocenters. The smallest absolute Gasteiger partial charge is 0.246 e. The molecule has 118 valence electrons. The van der Waals surface area contributed by atoms with Gasteiger partial charge in [0, 0.05) is 19.7 Å². The van der Waals surface area contributed by atoms with Crippen molar-refractivity contribution < 1.29 is 13.2 Å². The predicted molar refractivity (Wildman–Crippen MR) is 87.5 cm³/mol. The zero-order valence-electron chi connectivity index (χ0n) is 12.3. The Morgan fingerprint density at radius 1 is 1.23 bits per heavy atom. The van der Waals surface area contributed by atoms with Gasteiger partial charge in [0.1, 0.15) is 10.6 Å². The molecule has 0 aliphatic heterocycles. The number of methoxy groups -OCH3 is 1. The number of nitrogens with two attached hydrogens (primary N) is 1. The van der Waals surface area contributed by atoms with Crippen LogP contribution in [0.5, 0.6) is 5.75 Å². The Morgan fingerprint density at radius 2 is 1.86 bits per heavy atom. The third-order valence-corrected chi connectivity index (χ3v) is 5.37.